The highest BCUT2D eigenvalue weighted by Crippen LogP contribution is 2.18. The predicted molar refractivity (Wildman–Crippen MR) is 111 cm³/mol. The smallest absolute Gasteiger partial charge is 0.339 e. The van der Waals surface area contributed by atoms with Crippen molar-refractivity contribution < 1.29 is 14.3 Å². The number of methoxy groups -OCH3 is 1. The van der Waals surface area contributed by atoms with Gasteiger partial charge in [0, 0.05) is 44.8 Å². The van der Waals surface area contributed by atoms with Crippen molar-refractivity contribution in [2.45, 2.75) is 13.3 Å². The molecular formula is C22H27N3O3. The second-order valence-corrected chi connectivity index (χ2v) is 7.00. The summed E-state index contributed by atoms with van der Waals surface area (Å²) in [4.78, 5) is 28.8. The molecule has 2 aromatic rings. The van der Waals surface area contributed by atoms with Crippen molar-refractivity contribution in [1.82, 2.24) is 4.90 Å². The molecule has 28 heavy (non-hydrogen) atoms. The van der Waals surface area contributed by atoms with Crippen molar-refractivity contribution in [1.29, 1.82) is 0 Å². The van der Waals surface area contributed by atoms with E-state index >= 15 is 0 Å². The fourth-order valence-corrected chi connectivity index (χ4v) is 3.41. The number of carbonyl (C=O) groups is 2. The number of ether oxygens (including phenoxy) is 1. The van der Waals surface area contributed by atoms with Gasteiger partial charge in [-0.1, -0.05) is 24.3 Å². The first-order chi connectivity index (χ1) is 13.6. The molecule has 0 aromatic heterocycles. The summed E-state index contributed by atoms with van der Waals surface area (Å²) in [5.41, 5.74) is 3.38. The minimum atomic E-state index is -0.455. The van der Waals surface area contributed by atoms with Crippen molar-refractivity contribution in [3.63, 3.8) is 0 Å². The first kappa shape index (κ1) is 19.9. The topological polar surface area (TPSA) is 61.9 Å². The number of nitrogens with zero attached hydrogens (tertiary/aromatic N) is 2. The molecule has 1 heterocycles. The Morgan fingerprint density at radius 1 is 1.04 bits per heavy atom. The molecule has 0 bridgehead atoms. The zero-order chi connectivity index (χ0) is 19.9. The van der Waals surface area contributed by atoms with E-state index in [1.54, 1.807) is 24.3 Å². The number of amides is 1. The Labute approximate surface area is 166 Å². The first-order valence-corrected chi connectivity index (χ1v) is 9.58. The van der Waals surface area contributed by atoms with Gasteiger partial charge in [-0.05, 0) is 36.8 Å². The Balaban J connectivity index is 1.47. The fourth-order valence-electron chi connectivity index (χ4n) is 3.41. The molecule has 1 aliphatic rings. The molecule has 148 valence electrons. The molecule has 2 aromatic carbocycles. The average Bonchev–Trinajstić information content (AvgIpc) is 2.72. The largest absolute Gasteiger partial charge is 0.465 e. The highest BCUT2D eigenvalue weighted by Gasteiger charge is 2.18. The molecular weight excluding hydrogens is 354 g/mol. The van der Waals surface area contributed by atoms with Gasteiger partial charge in [-0.25, -0.2) is 4.79 Å². The van der Waals surface area contributed by atoms with Crippen LogP contribution in [0.15, 0.2) is 48.5 Å². The van der Waals surface area contributed by atoms with Gasteiger partial charge < -0.3 is 15.0 Å². The third kappa shape index (κ3) is 5.10. The van der Waals surface area contributed by atoms with Gasteiger partial charge in [-0.3, -0.25) is 9.69 Å². The molecule has 6 nitrogen and oxygen atoms in total. The highest BCUT2D eigenvalue weighted by atomic mass is 16.5. The van der Waals surface area contributed by atoms with E-state index in [0.29, 0.717) is 24.2 Å². The van der Waals surface area contributed by atoms with Gasteiger partial charge in [0.15, 0.2) is 0 Å². The first-order valence-electron chi connectivity index (χ1n) is 9.58. The van der Waals surface area contributed by atoms with Crippen LogP contribution >= 0.6 is 0 Å². The molecule has 0 atom stereocenters. The van der Waals surface area contributed by atoms with Gasteiger partial charge in [-0.15, -0.1) is 0 Å². The molecule has 0 unspecified atom stereocenters. The standard InChI is InChI=1S/C22H27N3O3/c1-17-6-5-7-18(16-17)25-14-12-24(13-15-25)11-10-21(26)23-20-9-4-3-8-19(20)22(27)28-2/h3-9,16H,10-15H2,1-2H3,(H,23,26). The van der Waals surface area contributed by atoms with Crippen LogP contribution in [0.5, 0.6) is 0 Å². The molecule has 6 heteroatoms. The lowest BCUT2D eigenvalue weighted by Gasteiger charge is -2.36. The lowest BCUT2D eigenvalue weighted by atomic mass is 10.1. The van der Waals surface area contributed by atoms with Crippen LogP contribution in [-0.2, 0) is 9.53 Å². The number of para-hydroxylation sites is 1. The van der Waals surface area contributed by atoms with Crippen molar-refractivity contribution in [3.8, 4) is 0 Å². The number of carbonyl (C=O) groups excluding carboxylic acids is 2. The minimum absolute atomic E-state index is 0.0996. The van der Waals surface area contributed by atoms with Crippen LogP contribution in [0.3, 0.4) is 0 Å². The van der Waals surface area contributed by atoms with Crippen LogP contribution in [0.25, 0.3) is 0 Å². The molecule has 1 N–H and O–H groups in total. The van der Waals surface area contributed by atoms with Crippen LogP contribution in [0.2, 0.25) is 0 Å². The van der Waals surface area contributed by atoms with E-state index in [1.165, 1.54) is 18.4 Å². The zero-order valence-corrected chi connectivity index (χ0v) is 16.5. The van der Waals surface area contributed by atoms with E-state index in [1.807, 2.05) is 0 Å². The van der Waals surface area contributed by atoms with Gasteiger partial charge >= 0.3 is 5.97 Å². The van der Waals surface area contributed by atoms with E-state index in [-0.39, 0.29) is 5.91 Å². The van der Waals surface area contributed by atoms with Gasteiger partial charge in [0.05, 0.1) is 18.4 Å². The van der Waals surface area contributed by atoms with Crippen LogP contribution < -0.4 is 10.2 Å². The predicted octanol–water partition coefficient (Wildman–Crippen LogP) is 2.93. The van der Waals surface area contributed by atoms with Gasteiger partial charge in [0.2, 0.25) is 5.91 Å². The number of nitrogens with one attached hydrogen (secondary N) is 1. The molecule has 3 rings (SSSR count). The van der Waals surface area contributed by atoms with E-state index in [2.05, 4.69) is 46.3 Å². The average molecular weight is 381 g/mol. The van der Waals surface area contributed by atoms with Crippen molar-refractivity contribution >= 4 is 23.3 Å². The summed E-state index contributed by atoms with van der Waals surface area (Å²) in [7, 11) is 1.33. The summed E-state index contributed by atoms with van der Waals surface area (Å²) >= 11 is 0. The molecule has 1 aliphatic heterocycles. The molecule has 0 radical (unpaired) electrons. The van der Waals surface area contributed by atoms with Crippen LogP contribution in [0.4, 0.5) is 11.4 Å². The molecule has 1 saturated heterocycles. The molecule has 1 amide bonds. The van der Waals surface area contributed by atoms with Crippen LogP contribution in [0.1, 0.15) is 22.3 Å². The summed E-state index contributed by atoms with van der Waals surface area (Å²) in [5.74, 6) is -0.555. The molecule has 0 saturated carbocycles. The Hall–Kier alpha value is -2.86. The van der Waals surface area contributed by atoms with Crippen molar-refractivity contribution in [2.75, 3.05) is 50.1 Å². The van der Waals surface area contributed by atoms with Crippen LogP contribution in [0, 0.1) is 6.92 Å². The molecule has 0 aliphatic carbocycles. The van der Waals surface area contributed by atoms with Gasteiger partial charge in [0.1, 0.15) is 0 Å². The Morgan fingerprint density at radius 2 is 1.79 bits per heavy atom. The lowest BCUT2D eigenvalue weighted by Crippen LogP contribution is -2.47. The number of hydrogen-bond acceptors (Lipinski definition) is 5. The maximum atomic E-state index is 12.3. The highest BCUT2D eigenvalue weighted by molar-refractivity contribution is 6.01. The number of benzene rings is 2. The number of anilines is 2. The Bertz CT molecular complexity index is 829. The normalized spacial score (nSPS) is 14.6. The summed E-state index contributed by atoms with van der Waals surface area (Å²) in [5, 5.41) is 2.83. The SMILES string of the molecule is COC(=O)c1ccccc1NC(=O)CCN1CCN(c2cccc(C)c2)CC1. The maximum absolute atomic E-state index is 12.3. The van der Waals surface area contributed by atoms with E-state index in [9.17, 15) is 9.59 Å². The number of aryl methyl sites for hydroxylation is 1. The van der Waals surface area contributed by atoms with Crippen LogP contribution in [-0.4, -0.2) is 56.6 Å². The Kier molecular flexibility index (Phi) is 6.66. The molecule has 0 spiro atoms. The zero-order valence-electron chi connectivity index (χ0n) is 16.5. The third-order valence-corrected chi connectivity index (χ3v) is 5.00. The third-order valence-electron chi connectivity index (χ3n) is 5.00. The van der Waals surface area contributed by atoms with Crippen molar-refractivity contribution in [3.05, 3.63) is 59.7 Å². The monoisotopic (exact) mass is 381 g/mol. The number of piperazine rings is 1. The summed E-state index contributed by atoms with van der Waals surface area (Å²) in [6.45, 7) is 6.58. The number of esters is 1. The summed E-state index contributed by atoms with van der Waals surface area (Å²) in [6.07, 6.45) is 0.389. The van der Waals surface area contributed by atoms with Gasteiger partial charge in [-0.2, -0.15) is 0 Å². The maximum Gasteiger partial charge on any atom is 0.339 e. The van der Waals surface area contributed by atoms with Crippen molar-refractivity contribution in [2.24, 2.45) is 0 Å². The number of rotatable bonds is 6. The van der Waals surface area contributed by atoms with E-state index < -0.39 is 5.97 Å². The Morgan fingerprint density at radius 3 is 2.50 bits per heavy atom. The lowest BCUT2D eigenvalue weighted by molar-refractivity contribution is -0.116. The number of hydrogen-bond donors (Lipinski definition) is 1. The van der Waals surface area contributed by atoms with Gasteiger partial charge in [0.25, 0.3) is 0 Å². The summed E-state index contributed by atoms with van der Waals surface area (Å²) in [6, 6.07) is 15.4. The summed E-state index contributed by atoms with van der Waals surface area (Å²) < 4.78 is 4.76. The quantitative estimate of drug-likeness (QED) is 0.780. The fraction of sp³-hybridized carbons (Fsp3) is 0.364. The van der Waals surface area contributed by atoms with E-state index in [0.717, 1.165) is 26.2 Å². The second kappa shape index (κ2) is 9.37. The minimum Gasteiger partial charge on any atom is -0.465 e. The molecule has 1 fully saturated rings. The second-order valence-electron chi connectivity index (χ2n) is 7.00. The van der Waals surface area contributed by atoms with E-state index in [4.69, 9.17) is 4.74 Å².